The Morgan fingerprint density at radius 1 is 0.885 bits per heavy atom. The van der Waals surface area contributed by atoms with Gasteiger partial charge in [-0.05, 0) is 36.3 Å². The molecule has 2 aromatic carbocycles. The van der Waals surface area contributed by atoms with Gasteiger partial charge in [-0.1, -0.05) is 74.5 Å². The Labute approximate surface area is 155 Å². The molecule has 0 saturated heterocycles. The van der Waals surface area contributed by atoms with Crippen LogP contribution in [0.25, 0.3) is 0 Å². The van der Waals surface area contributed by atoms with Crippen LogP contribution in [0.4, 0.5) is 0 Å². The zero-order valence-corrected chi connectivity index (χ0v) is 15.5. The van der Waals surface area contributed by atoms with Crippen molar-refractivity contribution < 1.29 is 9.59 Å². The maximum absolute atomic E-state index is 12.9. The smallest absolute Gasteiger partial charge is 0.240 e. The molecule has 4 nitrogen and oxygen atoms in total. The van der Waals surface area contributed by atoms with Gasteiger partial charge in [0.2, 0.25) is 11.8 Å². The van der Waals surface area contributed by atoms with Gasteiger partial charge in [0.1, 0.15) is 6.04 Å². The second-order valence-electron chi connectivity index (χ2n) is 7.17. The maximum atomic E-state index is 12.9. The Kier molecular flexibility index (Phi) is 7.39. The molecule has 26 heavy (non-hydrogen) atoms. The zero-order valence-electron chi connectivity index (χ0n) is 15.5. The van der Waals surface area contributed by atoms with Gasteiger partial charge in [0, 0.05) is 5.92 Å². The van der Waals surface area contributed by atoms with Crippen LogP contribution in [0, 0.1) is 11.8 Å². The molecule has 2 aromatic rings. The molecule has 4 heteroatoms. The molecule has 0 aliphatic carbocycles. The number of amides is 2. The van der Waals surface area contributed by atoms with E-state index in [9.17, 15) is 9.59 Å². The highest BCUT2D eigenvalue weighted by Crippen LogP contribution is 2.16. The van der Waals surface area contributed by atoms with Crippen molar-refractivity contribution in [3.63, 3.8) is 0 Å². The fourth-order valence-electron chi connectivity index (χ4n) is 3.06. The van der Waals surface area contributed by atoms with Crippen LogP contribution in [0.5, 0.6) is 0 Å². The summed E-state index contributed by atoms with van der Waals surface area (Å²) in [7, 11) is 0. The molecular formula is C22H28N2O2. The molecule has 0 aromatic heterocycles. The third kappa shape index (κ3) is 6.36. The average Bonchev–Trinajstić information content (AvgIpc) is 2.62. The zero-order chi connectivity index (χ0) is 18.9. The summed E-state index contributed by atoms with van der Waals surface area (Å²) in [6.07, 6.45) is 1.79. The van der Waals surface area contributed by atoms with Crippen molar-refractivity contribution in [2.24, 2.45) is 17.6 Å². The highest BCUT2D eigenvalue weighted by molar-refractivity contribution is 5.87. The third-order valence-corrected chi connectivity index (χ3v) is 4.39. The van der Waals surface area contributed by atoms with E-state index in [2.05, 4.69) is 5.32 Å². The number of nitrogens with two attached hydrogens (primary N) is 1. The summed E-state index contributed by atoms with van der Waals surface area (Å²) in [5.41, 5.74) is 7.69. The molecule has 0 radical (unpaired) electrons. The number of primary amides is 1. The number of benzene rings is 2. The van der Waals surface area contributed by atoms with Gasteiger partial charge >= 0.3 is 0 Å². The summed E-state index contributed by atoms with van der Waals surface area (Å²) >= 11 is 0. The van der Waals surface area contributed by atoms with E-state index in [4.69, 9.17) is 5.73 Å². The van der Waals surface area contributed by atoms with E-state index in [1.165, 1.54) is 0 Å². The molecule has 3 N–H and O–H groups in total. The highest BCUT2D eigenvalue weighted by Gasteiger charge is 2.25. The van der Waals surface area contributed by atoms with E-state index in [0.717, 1.165) is 11.1 Å². The number of hydrogen-bond acceptors (Lipinski definition) is 2. The normalized spacial score (nSPS) is 12.2. The molecule has 0 aliphatic rings. The second kappa shape index (κ2) is 9.76. The van der Waals surface area contributed by atoms with Gasteiger partial charge in [-0.25, -0.2) is 0 Å². The van der Waals surface area contributed by atoms with Crippen LogP contribution < -0.4 is 11.1 Å². The topological polar surface area (TPSA) is 72.2 Å². The average molecular weight is 352 g/mol. The summed E-state index contributed by atoms with van der Waals surface area (Å²) in [6, 6.07) is 19.2. The molecule has 0 bridgehead atoms. The van der Waals surface area contributed by atoms with Crippen molar-refractivity contribution in [3.05, 3.63) is 71.8 Å². The molecular weight excluding hydrogens is 324 g/mol. The van der Waals surface area contributed by atoms with E-state index in [-0.39, 0.29) is 17.7 Å². The molecule has 0 unspecified atom stereocenters. The fourth-order valence-corrected chi connectivity index (χ4v) is 3.06. The van der Waals surface area contributed by atoms with Crippen molar-refractivity contribution in [1.82, 2.24) is 5.32 Å². The maximum Gasteiger partial charge on any atom is 0.240 e. The first-order valence-electron chi connectivity index (χ1n) is 9.13. The minimum atomic E-state index is -0.628. The number of rotatable bonds is 9. The molecule has 0 heterocycles. The van der Waals surface area contributed by atoms with Gasteiger partial charge in [-0.2, -0.15) is 0 Å². The Bertz CT molecular complexity index is 657. The molecule has 0 spiro atoms. The predicted octanol–water partition coefficient (Wildman–Crippen LogP) is 3.10. The number of carbonyl (C=O) groups excluding carboxylic acids is 2. The van der Waals surface area contributed by atoms with Crippen LogP contribution in [0.3, 0.4) is 0 Å². The predicted molar refractivity (Wildman–Crippen MR) is 104 cm³/mol. The lowest BCUT2D eigenvalue weighted by Crippen LogP contribution is -2.48. The fraction of sp³-hybridized carbons (Fsp3) is 0.364. The molecule has 1 atom stereocenters. The lowest BCUT2D eigenvalue weighted by molar-refractivity contribution is -0.130. The van der Waals surface area contributed by atoms with Gasteiger partial charge in [-0.15, -0.1) is 0 Å². The molecule has 0 saturated carbocycles. The lowest BCUT2D eigenvalue weighted by atomic mass is 9.91. The largest absolute Gasteiger partial charge is 0.368 e. The first-order chi connectivity index (χ1) is 12.5. The number of hydrogen-bond donors (Lipinski definition) is 2. The van der Waals surface area contributed by atoms with Gasteiger partial charge in [0.05, 0.1) is 0 Å². The lowest BCUT2D eigenvalue weighted by Gasteiger charge is -2.22. The van der Waals surface area contributed by atoms with Crippen LogP contribution in [-0.4, -0.2) is 17.9 Å². The quantitative estimate of drug-likeness (QED) is 0.728. The Balaban J connectivity index is 2.15. The van der Waals surface area contributed by atoms with Gasteiger partial charge in [0.15, 0.2) is 0 Å². The van der Waals surface area contributed by atoms with Crippen molar-refractivity contribution in [2.75, 3.05) is 0 Å². The first-order valence-corrected chi connectivity index (χ1v) is 9.13. The van der Waals surface area contributed by atoms with E-state index < -0.39 is 11.9 Å². The van der Waals surface area contributed by atoms with E-state index in [1.807, 2.05) is 74.5 Å². The summed E-state index contributed by atoms with van der Waals surface area (Å²) < 4.78 is 0. The minimum Gasteiger partial charge on any atom is -0.368 e. The van der Waals surface area contributed by atoms with E-state index in [1.54, 1.807) is 0 Å². The second-order valence-corrected chi connectivity index (χ2v) is 7.17. The molecule has 2 amide bonds. The van der Waals surface area contributed by atoms with Crippen LogP contribution in [0.1, 0.15) is 31.4 Å². The van der Waals surface area contributed by atoms with Crippen LogP contribution >= 0.6 is 0 Å². The van der Waals surface area contributed by atoms with Crippen molar-refractivity contribution >= 4 is 11.8 Å². The van der Waals surface area contributed by atoms with Crippen LogP contribution in [0.2, 0.25) is 0 Å². The van der Waals surface area contributed by atoms with Crippen LogP contribution in [0.15, 0.2) is 60.7 Å². The van der Waals surface area contributed by atoms with Crippen LogP contribution in [-0.2, 0) is 22.4 Å². The Hall–Kier alpha value is -2.62. The number of nitrogens with one attached hydrogen (secondary N) is 1. The summed E-state index contributed by atoms with van der Waals surface area (Å²) in [6.45, 7) is 4.01. The van der Waals surface area contributed by atoms with Gasteiger partial charge < -0.3 is 11.1 Å². The van der Waals surface area contributed by atoms with Crippen molar-refractivity contribution in [2.45, 2.75) is 39.2 Å². The Morgan fingerprint density at radius 2 is 1.35 bits per heavy atom. The number of carbonyl (C=O) groups is 2. The van der Waals surface area contributed by atoms with Crippen molar-refractivity contribution in [1.29, 1.82) is 0 Å². The standard InChI is InChI=1S/C22H28N2O2/c1-16(2)13-20(21(23)25)24-22(26)19(14-17-9-5-3-6-10-17)15-18-11-7-4-8-12-18/h3-12,16,19-20H,13-15H2,1-2H3,(H2,23,25)(H,24,26)/t20-/m0/s1. The highest BCUT2D eigenvalue weighted by atomic mass is 16.2. The summed E-state index contributed by atoms with van der Waals surface area (Å²) in [5, 5.41) is 2.87. The third-order valence-electron chi connectivity index (χ3n) is 4.39. The van der Waals surface area contributed by atoms with Gasteiger partial charge in [-0.3, -0.25) is 9.59 Å². The molecule has 0 fully saturated rings. The first kappa shape index (κ1) is 19.7. The summed E-state index contributed by atoms with van der Waals surface area (Å²) in [4.78, 5) is 24.6. The SMILES string of the molecule is CC(C)C[C@H](NC(=O)C(Cc1ccccc1)Cc1ccccc1)C(N)=O. The minimum absolute atomic E-state index is 0.123. The molecule has 2 rings (SSSR count). The monoisotopic (exact) mass is 352 g/mol. The molecule has 138 valence electrons. The molecule has 0 aliphatic heterocycles. The van der Waals surface area contributed by atoms with E-state index in [0.29, 0.717) is 19.3 Å². The Morgan fingerprint density at radius 3 is 1.73 bits per heavy atom. The summed E-state index contributed by atoms with van der Waals surface area (Å²) in [5.74, 6) is -0.587. The van der Waals surface area contributed by atoms with Gasteiger partial charge in [0.25, 0.3) is 0 Å². The van der Waals surface area contributed by atoms with Crippen molar-refractivity contribution in [3.8, 4) is 0 Å². The van der Waals surface area contributed by atoms with E-state index >= 15 is 0 Å².